The Labute approximate surface area is 112 Å². The fraction of sp³-hybridized carbons (Fsp3) is 0.0833. The van der Waals surface area contributed by atoms with Crippen molar-refractivity contribution < 1.29 is 9.13 Å². The number of pyridine rings is 1. The molecule has 0 aliphatic carbocycles. The number of aryl methyl sites for hydroxylation is 1. The van der Waals surface area contributed by atoms with Gasteiger partial charge in [-0.2, -0.15) is 0 Å². The van der Waals surface area contributed by atoms with Gasteiger partial charge in [-0.3, -0.25) is 0 Å². The van der Waals surface area contributed by atoms with Gasteiger partial charge in [0.25, 0.3) is 5.88 Å². The molecule has 0 aliphatic heterocycles. The van der Waals surface area contributed by atoms with Gasteiger partial charge in [0.05, 0.1) is 0 Å². The van der Waals surface area contributed by atoms with Gasteiger partial charge < -0.3 is 4.74 Å². The first kappa shape index (κ1) is 12.3. The molecule has 2 aromatic rings. The first-order valence-corrected chi connectivity index (χ1v) is 5.98. The van der Waals surface area contributed by atoms with Crippen molar-refractivity contribution in [3.8, 4) is 11.6 Å². The third kappa shape index (κ3) is 2.96. The summed E-state index contributed by atoms with van der Waals surface area (Å²) in [6, 6.07) is 6.41. The molecular formula is C12H8BrClFNO. The third-order valence-corrected chi connectivity index (χ3v) is 2.79. The van der Waals surface area contributed by atoms with Crippen LogP contribution in [0.25, 0.3) is 0 Å². The van der Waals surface area contributed by atoms with Gasteiger partial charge in [0.1, 0.15) is 5.75 Å². The number of hydrogen-bond acceptors (Lipinski definition) is 2. The average molecular weight is 317 g/mol. The molecule has 0 spiro atoms. The van der Waals surface area contributed by atoms with E-state index in [0.717, 1.165) is 5.56 Å². The zero-order valence-corrected chi connectivity index (χ0v) is 11.2. The quantitative estimate of drug-likeness (QED) is 0.798. The Hall–Kier alpha value is -1.13. The summed E-state index contributed by atoms with van der Waals surface area (Å²) in [5, 5.41) is 0.610. The Kier molecular flexibility index (Phi) is 3.64. The van der Waals surface area contributed by atoms with Crippen LogP contribution in [-0.2, 0) is 0 Å². The van der Waals surface area contributed by atoms with Crippen LogP contribution in [0, 0.1) is 12.7 Å². The fourth-order valence-corrected chi connectivity index (χ4v) is 1.84. The second-order valence-electron chi connectivity index (χ2n) is 3.45. The summed E-state index contributed by atoms with van der Waals surface area (Å²) in [5.74, 6) is -0.0459. The summed E-state index contributed by atoms with van der Waals surface area (Å²) >= 11 is 8.95. The van der Waals surface area contributed by atoms with Gasteiger partial charge in [0.15, 0.2) is 5.82 Å². The molecule has 0 N–H and O–H groups in total. The fourth-order valence-electron chi connectivity index (χ4n) is 1.31. The molecule has 17 heavy (non-hydrogen) atoms. The summed E-state index contributed by atoms with van der Waals surface area (Å²) in [4.78, 5) is 3.86. The molecule has 1 aromatic carbocycles. The smallest absolute Gasteiger partial charge is 0.255 e. The van der Waals surface area contributed by atoms with Crippen LogP contribution in [0.1, 0.15) is 5.56 Å². The van der Waals surface area contributed by atoms with Crippen LogP contribution in [0.2, 0.25) is 5.02 Å². The number of aromatic nitrogens is 1. The lowest BCUT2D eigenvalue weighted by Gasteiger charge is -2.08. The van der Waals surface area contributed by atoms with Crippen molar-refractivity contribution in [3.63, 3.8) is 0 Å². The number of rotatable bonds is 2. The Bertz CT molecular complexity index is 513. The van der Waals surface area contributed by atoms with Crippen molar-refractivity contribution in [1.82, 2.24) is 4.98 Å². The monoisotopic (exact) mass is 315 g/mol. The van der Waals surface area contributed by atoms with Gasteiger partial charge in [0.2, 0.25) is 0 Å². The van der Waals surface area contributed by atoms with Crippen LogP contribution >= 0.6 is 27.5 Å². The maximum atomic E-state index is 13.5. The molecule has 5 heteroatoms. The molecule has 0 atom stereocenters. The molecular weight excluding hydrogens is 308 g/mol. The van der Waals surface area contributed by atoms with Gasteiger partial charge in [-0.1, -0.05) is 11.6 Å². The minimum Gasteiger partial charge on any atom is -0.436 e. The zero-order valence-electron chi connectivity index (χ0n) is 8.88. The molecule has 0 amide bonds. The van der Waals surface area contributed by atoms with Crippen molar-refractivity contribution >= 4 is 27.5 Å². The average Bonchev–Trinajstić information content (AvgIpc) is 2.25. The standard InChI is InChI=1S/C12H8BrClFNO/c1-7-4-9(14)2-3-11(7)17-12-10(15)5-8(13)6-16-12/h2-6H,1H3. The molecule has 2 nitrogen and oxygen atoms in total. The Balaban J connectivity index is 2.31. The van der Waals surface area contributed by atoms with Gasteiger partial charge in [-0.25, -0.2) is 9.37 Å². The Morgan fingerprint density at radius 2 is 2.12 bits per heavy atom. The Morgan fingerprint density at radius 3 is 2.76 bits per heavy atom. The normalized spacial score (nSPS) is 10.4. The maximum absolute atomic E-state index is 13.5. The van der Waals surface area contributed by atoms with Crippen LogP contribution in [-0.4, -0.2) is 4.98 Å². The van der Waals surface area contributed by atoms with Crippen molar-refractivity contribution in [3.05, 3.63) is 51.3 Å². The summed E-state index contributed by atoms with van der Waals surface area (Å²) in [5.41, 5.74) is 0.821. The van der Waals surface area contributed by atoms with Gasteiger partial charge in [-0.15, -0.1) is 0 Å². The van der Waals surface area contributed by atoms with Gasteiger partial charge in [-0.05, 0) is 52.7 Å². The van der Waals surface area contributed by atoms with Crippen molar-refractivity contribution in [2.45, 2.75) is 6.92 Å². The van der Waals surface area contributed by atoms with E-state index in [-0.39, 0.29) is 5.88 Å². The summed E-state index contributed by atoms with van der Waals surface area (Å²) in [6.45, 7) is 1.83. The second kappa shape index (κ2) is 5.02. The van der Waals surface area contributed by atoms with E-state index in [4.69, 9.17) is 16.3 Å². The number of hydrogen-bond donors (Lipinski definition) is 0. The SMILES string of the molecule is Cc1cc(Cl)ccc1Oc1ncc(Br)cc1F. The first-order valence-electron chi connectivity index (χ1n) is 4.81. The lowest BCUT2D eigenvalue weighted by molar-refractivity contribution is 0.420. The number of benzene rings is 1. The lowest BCUT2D eigenvalue weighted by atomic mass is 10.2. The van der Waals surface area contributed by atoms with Gasteiger partial charge >= 0.3 is 0 Å². The Morgan fingerprint density at radius 1 is 1.35 bits per heavy atom. The van der Waals surface area contributed by atoms with Crippen molar-refractivity contribution in [2.75, 3.05) is 0 Å². The predicted molar refractivity (Wildman–Crippen MR) is 68.2 cm³/mol. The van der Waals surface area contributed by atoms with E-state index in [2.05, 4.69) is 20.9 Å². The van der Waals surface area contributed by atoms with Crippen LogP contribution in [0.15, 0.2) is 34.9 Å². The summed E-state index contributed by atoms with van der Waals surface area (Å²) in [7, 11) is 0. The van der Waals surface area contributed by atoms with Crippen LogP contribution in [0.5, 0.6) is 11.6 Å². The first-order chi connectivity index (χ1) is 8.06. The van der Waals surface area contributed by atoms with E-state index < -0.39 is 5.82 Å². The molecule has 2 rings (SSSR count). The van der Waals surface area contributed by atoms with E-state index in [0.29, 0.717) is 15.2 Å². The largest absolute Gasteiger partial charge is 0.436 e. The molecule has 0 saturated heterocycles. The van der Waals surface area contributed by atoms with Crippen molar-refractivity contribution in [2.24, 2.45) is 0 Å². The molecule has 1 heterocycles. The van der Waals surface area contributed by atoms with E-state index in [1.54, 1.807) is 18.2 Å². The second-order valence-corrected chi connectivity index (χ2v) is 4.80. The molecule has 0 aliphatic rings. The van der Waals surface area contributed by atoms with Crippen LogP contribution in [0.4, 0.5) is 4.39 Å². The zero-order chi connectivity index (χ0) is 12.4. The van der Waals surface area contributed by atoms with Crippen LogP contribution < -0.4 is 4.74 Å². The molecule has 0 fully saturated rings. The molecule has 1 aromatic heterocycles. The number of nitrogens with zero attached hydrogens (tertiary/aromatic N) is 1. The minimum atomic E-state index is -0.520. The highest BCUT2D eigenvalue weighted by molar-refractivity contribution is 9.10. The lowest BCUT2D eigenvalue weighted by Crippen LogP contribution is -1.93. The summed E-state index contributed by atoms with van der Waals surface area (Å²) < 4.78 is 19.5. The van der Waals surface area contributed by atoms with E-state index in [9.17, 15) is 4.39 Å². The number of ether oxygens (including phenoxy) is 1. The predicted octanol–water partition coefficient (Wildman–Crippen LogP) is 4.74. The highest BCUT2D eigenvalue weighted by atomic mass is 79.9. The van der Waals surface area contributed by atoms with Crippen LogP contribution in [0.3, 0.4) is 0 Å². The van der Waals surface area contributed by atoms with E-state index in [1.807, 2.05) is 6.92 Å². The minimum absolute atomic E-state index is 0.0568. The van der Waals surface area contributed by atoms with Crippen molar-refractivity contribution in [1.29, 1.82) is 0 Å². The van der Waals surface area contributed by atoms with E-state index >= 15 is 0 Å². The molecule has 0 unspecified atom stereocenters. The molecule has 0 radical (unpaired) electrons. The van der Waals surface area contributed by atoms with E-state index in [1.165, 1.54) is 12.3 Å². The maximum Gasteiger partial charge on any atom is 0.255 e. The molecule has 0 bridgehead atoms. The molecule has 88 valence electrons. The molecule has 0 saturated carbocycles. The number of halogens is 3. The third-order valence-electron chi connectivity index (χ3n) is 2.12. The highest BCUT2D eigenvalue weighted by Gasteiger charge is 2.09. The topological polar surface area (TPSA) is 22.1 Å². The summed E-state index contributed by atoms with van der Waals surface area (Å²) in [6.07, 6.45) is 1.48. The highest BCUT2D eigenvalue weighted by Crippen LogP contribution is 2.28. The van der Waals surface area contributed by atoms with Gasteiger partial charge in [0, 0.05) is 15.7 Å².